The van der Waals surface area contributed by atoms with E-state index in [0.717, 1.165) is 30.9 Å². The zero-order chi connectivity index (χ0) is 25.1. The van der Waals surface area contributed by atoms with E-state index in [9.17, 15) is 13.2 Å². The van der Waals surface area contributed by atoms with E-state index < -0.39 is 10.0 Å². The van der Waals surface area contributed by atoms with Gasteiger partial charge in [0, 0.05) is 51.0 Å². The monoisotopic (exact) mass is 503 g/mol. The third kappa shape index (κ3) is 5.12. The van der Waals surface area contributed by atoms with E-state index in [1.807, 2.05) is 41.3 Å². The van der Waals surface area contributed by atoms with Crippen LogP contribution in [0, 0.1) is 6.92 Å². The van der Waals surface area contributed by atoms with E-state index in [-0.39, 0.29) is 10.8 Å². The molecular formula is C27H29N5O3S. The standard InChI is InChI=1S/C27H29N5O3S/c1-20-18-22(27(33)32-16-14-31(15-17-32)19-23-8-2-3-12-28-23)10-11-24(20)30-36(34,35)25-9-4-6-21-7-5-13-29-26(21)25/h2-12,18,29-30H,13-17,19H2,1H3. The molecule has 9 heteroatoms. The van der Waals surface area contributed by atoms with Gasteiger partial charge in [-0.15, -0.1) is 0 Å². The maximum Gasteiger partial charge on any atom is 0.263 e. The first-order valence-electron chi connectivity index (χ1n) is 12.0. The van der Waals surface area contributed by atoms with Gasteiger partial charge in [-0.3, -0.25) is 19.4 Å². The van der Waals surface area contributed by atoms with Gasteiger partial charge in [0.15, 0.2) is 0 Å². The minimum atomic E-state index is -3.82. The van der Waals surface area contributed by atoms with Crippen LogP contribution < -0.4 is 10.0 Å². The summed E-state index contributed by atoms with van der Waals surface area (Å²) in [6, 6.07) is 16.2. The van der Waals surface area contributed by atoms with E-state index in [2.05, 4.69) is 19.9 Å². The number of nitrogens with zero attached hydrogens (tertiary/aromatic N) is 3. The molecule has 0 radical (unpaired) electrons. The largest absolute Gasteiger partial charge is 0.380 e. The van der Waals surface area contributed by atoms with Crippen LogP contribution in [0.4, 0.5) is 11.4 Å². The Morgan fingerprint density at radius 1 is 1.06 bits per heavy atom. The summed E-state index contributed by atoms with van der Waals surface area (Å²) in [5.74, 6) is -0.0434. The highest BCUT2D eigenvalue weighted by molar-refractivity contribution is 7.92. The smallest absolute Gasteiger partial charge is 0.263 e. The number of amides is 1. The number of sulfonamides is 1. The Balaban J connectivity index is 1.25. The summed E-state index contributed by atoms with van der Waals surface area (Å²) in [5, 5.41) is 3.15. The lowest BCUT2D eigenvalue weighted by Crippen LogP contribution is -2.48. The number of hydrogen-bond donors (Lipinski definition) is 2. The van der Waals surface area contributed by atoms with Gasteiger partial charge in [0.2, 0.25) is 0 Å². The first kappa shape index (κ1) is 24.0. The minimum absolute atomic E-state index is 0.0434. The quantitative estimate of drug-likeness (QED) is 0.534. The summed E-state index contributed by atoms with van der Waals surface area (Å²) < 4.78 is 29.1. The van der Waals surface area contributed by atoms with Gasteiger partial charge in [0.1, 0.15) is 4.90 Å². The fourth-order valence-corrected chi connectivity index (χ4v) is 5.92. The number of anilines is 2. The molecule has 0 aliphatic carbocycles. The molecule has 3 heterocycles. The van der Waals surface area contributed by atoms with E-state index in [1.165, 1.54) is 0 Å². The van der Waals surface area contributed by atoms with Crippen molar-refractivity contribution in [3.05, 3.63) is 89.3 Å². The zero-order valence-electron chi connectivity index (χ0n) is 20.1. The van der Waals surface area contributed by atoms with Gasteiger partial charge < -0.3 is 10.2 Å². The molecule has 0 saturated carbocycles. The number of aromatic nitrogens is 1. The van der Waals surface area contributed by atoms with Crippen LogP contribution in [-0.2, 0) is 16.6 Å². The first-order valence-corrected chi connectivity index (χ1v) is 13.5. The maximum absolute atomic E-state index is 13.2. The summed E-state index contributed by atoms with van der Waals surface area (Å²) in [5.41, 5.74) is 4.15. The van der Waals surface area contributed by atoms with Crippen molar-refractivity contribution in [2.75, 3.05) is 42.8 Å². The number of carbonyl (C=O) groups is 1. The van der Waals surface area contributed by atoms with Gasteiger partial charge in [-0.2, -0.15) is 0 Å². The van der Waals surface area contributed by atoms with Gasteiger partial charge in [-0.05, 0) is 54.4 Å². The molecule has 0 bridgehead atoms. The Morgan fingerprint density at radius 2 is 1.89 bits per heavy atom. The number of nitrogens with one attached hydrogen (secondary N) is 2. The van der Waals surface area contributed by atoms with Crippen LogP contribution >= 0.6 is 0 Å². The molecular weight excluding hydrogens is 474 g/mol. The van der Waals surface area contributed by atoms with E-state index in [0.29, 0.717) is 42.1 Å². The number of para-hydroxylation sites is 1. The number of aryl methyl sites for hydroxylation is 1. The molecule has 186 valence electrons. The summed E-state index contributed by atoms with van der Waals surface area (Å²) in [6.45, 7) is 5.99. The van der Waals surface area contributed by atoms with Crippen molar-refractivity contribution in [2.45, 2.75) is 18.4 Å². The molecule has 1 aromatic heterocycles. The Morgan fingerprint density at radius 3 is 2.64 bits per heavy atom. The van der Waals surface area contributed by atoms with Crippen LogP contribution in [0.2, 0.25) is 0 Å². The summed E-state index contributed by atoms with van der Waals surface area (Å²) in [7, 11) is -3.82. The lowest BCUT2D eigenvalue weighted by molar-refractivity contribution is 0.0627. The number of pyridine rings is 1. The first-order chi connectivity index (χ1) is 17.4. The molecule has 2 aliphatic heterocycles. The van der Waals surface area contributed by atoms with E-state index >= 15 is 0 Å². The second-order valence-corrected chi connectivity index (χ2v) is 10.7. The average Bonchev–Trinajstić information content (AvgIpc) is 2.90. The lowest BCUT2D eigenvalue weighted by Gasteiger charge is -2.34. The molecule has 2 aromatic carbocycles. The highest BCUT2D eigenvalue weighted by Crippen LogP contribution is 2.31. The fraction of sp³-hybridized carbons (Fsp3) is 0.259. The number of hydrogen-bond acceptors (Lipinski definition) is 6. The number of carbonyl (C=O) groups excluding carboxylic acids is 1. The van der Waals surface area contributed by atoms with Crippen LogP contribution in [0.25, 0.3) is 6.08 Å². The second kappa shape index (κ2) is 10.1. The molecule has 2 N–H and O–H groups in total. The molecule has 0 spiro atoms. The third-order valence-corrected chi connectivity index (χ3v) is 7.94. The van der Waals surface area contributed by atoms with Gasteiger partial charge in [0.25, 0.3) is 15.9 Å². The van der Waals surface area contributed by atoms with Crippen molar-refractivity contribution in [2.24, 2.45) is 0 Å². The molecule has 0 atom stereocenters. The molecule has 5 rings (SSSR count). The molecule has 1 saturated heterocycles. The van der Waals surface area contributed by atoms with E-state index in [4.69, 9.17) is 0 Å². The number of piperazine rings is 1. The molecule has 1 amide bonds. The Labute approximate surface area is 211 Å². The van der Waals surface area contributed by atoms with Crippen LogP contribution in [0.3, 0.4) is 0 Å². The molecule has 0 unspecified atom stereocenters. The SMILES string of the molecule is Cc1cc(C(=O)N2CCN(Cc3ccccn3)CC2)ccc1NS(=O)(=O)c1cccc2c1NCC=C2. The van der Waals surface area contributed by atoms with Crippen molar-refractivity contribution in [1.82, 2.24) is 14.8 Å². The maximum atomic E-state index is 13.2. The number of fused-ring (bicyclic) bond motifs is 1. The predicted octanol–water partition coefficient (Wildman–Crippen LogP) is 3.59. The van der Waals surface area contributed by atoms with Crippen molar-refractivity contribution >= 4 is 33.4 Å². The Kier molecular flexibility index (Phi) is 6.75. The molecule has 8 nitrogen and oxygen atoms in total. The van der Waals surface area contributed by atoms with E-state index in [1.54, 1.807) is 43.5 Å². The molecule has 1 fully saturated rings. The Hall–Kier alpha value is -3.69. The number of benzene rings is 2. The summed E-state index contributed by atoms with van der Waals surface area (Å²) >= 11 is 0. The van der Waals surface area contributed by atoms with Crippen molar-refractivity contribution < 1.29 is 13.2 Å². The molecule has 2 aliphatic rings. The topological polar surface area (TPSA) is 94.6 Å². The van der Waals surface area contributed by atoms with Crippen LogP contribution in [0.15, 0.2) is 71.8 Å². The predicted molar refractivity (Wildman–Crippen MR) is 141 cm³/mol. The van der Waals surface area contributed by atoms with Gasteiger partial charge in [0.05, 0.1) is 17.1 Å². The fourth-order valence-electron chi connectivity index (χ4n) is 4.57. The minimum Gasteiger partial charge on any atom is -0.380 e. The highest BCUT2D eigenvalue weighted by Gasteiger charge is 2.25. The van der Waals surface area contributed by atoms with Crippen molar-refractivity contribution in [3.8, 4) is 0 Å². The van der Waals surface area contributed by atoms with Crippen LogP contribution in [0.5, 0.6) is 0 Å². The van der Waals surface area contributed by atoms with Gasteiger partial charge in [-0.25, -0.2) is 8.42 Å². The van der Waals surface area contributed by atoms with Crippen molar-refractivity contribution in [1.29, 1.82) is 0 Å². The Bertz CT molecular complexity index is 1400. The lowest BCUT2D eigenvalue weighted by atomic mass is 10.1. The number of rotatable bonds is 6. The normalized spacial score (nSPS) is 15.8. The van der Waals surface area contributed by atoms with Crippen LogP contribution in [0.1, 0.15) is 27.2 Å². The summed E-state index contributed by atoms with van der Waals surface area (Å²) in [6.07, 6.45) is 5.66. The van der Waals surface area contributed by atoms with Crippen molar-refractivity contribution in [3.63, 3.8) is 0 Å². The highest BCUT2D eigenvalue weighted by atomic mass is 32.2. The molecule has 36 heavy (non-hydrogen) atoms. The zero-order valence-corrected chi connectivity index (χ0v) is 21.0. The molecule has 3 aromatic rings. The average molecular weight is 504 g/mol. The van der Waals surface area contributed by atoms with Crippen LogP contribution in [-0.4, -0.2) is 61.8 Å². The second-order valence-electron chi connectivity index (χ2n) is 9.03. The third-order valence-electron chi connectivity index (χ3n) is 6.53. The van der Waals surface area contributed by atoms with Gasteiger partial charge >= 0.3 is 0 Å². The summed E-state index contributed by atoms with van der Waals surface area (Å²) in [4.78, 5) is 21.9. The van der Waals surface area contributed by atoms with Gasteiger partial charge in [-0.1, -0.05) is 30.4 Å².